The normalized spacial score (nSPS) is 10.5. The molecular weight excluding hydrogens is 226 g/mol. The van der Waals surface area contributed by atoms with Crippen LogP contribution in [0.4, 0.5) is 0 Å². The van der Waals surface area contributed by atoms with Crippen molar-refractivity contribution in [1.82, 2.24) is 15.1 Å². The molecule has 0 aliphatic rings. The van der Waals surface area contributed by atoms with Gasteiger partial charge in [-0.25, -0.2) is 0 Å². The topological polar surface area (TPSA) is 51.8 Å². The average Bonchev–Trinajstić information content (AvgIpc) is 2.87. The van der Waals surface area contributed by atoms with E-state index in [0.29, 0.717) is 0 Å². The smallest absolute Gasteiger partial charge is 0.134 e. The molecule has 0 unspecified atom stereocenters. The highest BCUT2D eigenvalue weighted by atomic mass is 16.5. The van der Waals surface area contributed by atoms with Crippen LogP contribution in [0.1, 0.15) is 5.76 Å². The fourth-order valence-electron chi connectivity index (χ4n) is 1.75. The zero-order chi connectivity index (χ0) is 12.4. The fourth-order valence-corrected chi connectivity index (χ4v) is 1.75. The maximum Gasteiger partial charge on any atom is 0.134 e. The summed E-state index contributed by atoms with van der Waals surface area (Å²) in [5.41, 5.74) is 3.46. The van der Waals surface area contributed by atoms with Gasteiger partial charge >= 0.3 is 0 Å². The molecule has 0 bridgehead atoms. The van der Waals surface area contributed by atoms with Crippen molar-refractivity contribution in [1.29, 1.82) is 0 Å². The predicted octanol–water partition coefficient (Wildman–Crippen LogP) is 3.11. The first-order valence-corrected chi connectivity index (χ1v) is 5.64. The van der Waals surface area contributed by atoms with Crippen LogP contribution in [0.5, 0.6) is 0 Å². The number of pyridine rings is 2. The van der Waals surface area contributed by atoms with Crippen LogP contribution in [0.25, 0.3) is 22.6 Å². The summed E-state index contributed by atoms with van der Waals surface area (Å²) in [4.78, 5) is 8.60. The Balaban J connectivity index is 2.05. The van der Waals surface area contributed by atoms with Gasteiger partial charge in [0.2, 0.25) is 0 Å². The third-order valence-corrected chi connectivity index (χ3v) is 2.61. The predicted molar refractivity (Wildman–Crippen MR) is 67.7 cm³/mol. The third-order valence-electron chi connectivity index (χ3n) is 2.61. The molecule has 88 valence electrons. The highest BCUT2D eigenvalue weighted by molar-refractivity contribution is 5.66. The van der Waals surface area contributed by atoms with Crippen LogP contribution in [0.3, 0.4) is 0 Å². The van der Waals surface area contributed by atoms with Crippen LogP contribution < -0.4 is 0 Å². The van der Waals surface area contributed by atoms with Gasteiger partial charge in [-0.15, -0.1) is 0 Å². The Hall–Kier alpha value is -2.49. The van der Waals surface area contributed by atoms with Crippen LogP contribution >= 0.6 is 0 Å². The molecule has 3 rings (SSSR count). The van der Waals surface area contributed by atoms with Crippen molar-refractivity contribution in [3.05, 3.63) is 54.6 Å². The molecule has 0 spiro atoms. The quantitative estimate of drug-likeness (QED) is 0.687. The third kappa shape index (κ3) is 2.00. The lowest BCUT2D eigenvalue weighted by atomic mass is 10.1. The zero-order valence-corrected chi connectivity index (χ0v) is 9.87. The molecule has 0 aromatic carbocycles. The van der Waals surface area contributed by atoms with Crippen molar-refractivity contribution < 1.29 is 4.52 Å². The molecule has 0 N–H and O–H groups in total. The van der Waals surface area contributed by atoms with Crippen molar-refractivity contribution in [3.8, 4) is 22.6 Å². The second kappa shape index (κ2) is 4.41. The SMILES string of the molecule is Cc1cc(-c2ccnc(-c3ccccn3)c2)no1. The molecule has 0 aliphatic carbocycles. The monoisotopic (exact) mass is 237 g/mol. The average molecular weight is 237 g/mol. The minimum absolute atomic E-state index is 0.793. The zero-order valence-electron chi connectivity index (χ0n) is 9.87. The highest BCUT2D eigenvalue weighted by Crippen LogP contribution is 2.22. The molecule has 4 heteroatoms. The van der Waals surface area contributed by atoms with Gasteiger partial charge in [0.25, 0.3) is 0 Å². The number of nitrogens with zero attached hydrogens (tertiary/aromatic N) is 3. The first-order valence-electron chi connectivity index (χ1n) is 5.64. The summed E-state index contributed by atoms with van der Waals surface area (Å²) in [5, 5.41) is 4.00. The minimum Gasteiger partial charge on any atom is -0.361 e. The van der Waals surface area contributed by atoms with Gasteiger partial charge in [-0.3, -0.25) is 9.97 Å². The van der Waals surface area contributed by atoms with E-state index < -0.39 is 0 Å². The standard InChI is InChI=1S/C14H11N3O/c1-10-8-13(17-18-10)11-5-7-16-14(9-11)12-4-2-3-6-15-12/h2-9H,1H3. The molecule has 0 saturated carbocycles. The first-order chi connectivity index (χ1) is 8.83. The van der Waals surface area contributed by atoms with E-state index in [-0.39, 0.29) is 0 Å². The largest absolute Gasteiger partial charge is 0.361 e. The van der Waals surface area contributed by atoms with E-state index in [4.69, 9.17) is 4.52 Å². The molecular formula is C14H11N3O. The molecule has 0 radical (unpaired) electrons. The Morgan fingerprint density at radius 2 is 1.78 bits per heavy atom. The van der Waals surface area contributed by atoms with Crippen LogP contribution in [-0.2, 0) is 0 Å². The fraction of sp³-hybridized carbons (Fsp3) is 0.0714. The van der Waals surface area contributed by atoms with E-state index in [1.54, 1.807) is 12.4 Å². The van der Waals surface area contributed by atoms with Gasteiger partial charge in [0.15, 0.2) is 0 Å². The lowest BCUT2D eigenvalue weighted by Crippen LogP contribution is -1.87. The summed E-state index contributed by atoms with van der Waals surface area (Å²) in [6.07, 6.45) is 3.51. The molecule has 0 aliphatic heterocycles. The lowest BCUT2D eigenvalue weighted by molar-refractivity contribution is 0.399. The lowest BCUT2D eigenvalue weighted by Gasteiger charge is -2.01. The molecule has 4 nitrogen and oxygen atoms in total. The number of hydrogen-bond acceptors (Lipinski definition) is 4. The van der Waals surface area contributed by atoms with Gasteiger partial charge < -0.3 is 4.52 Å². The second-order valence-electron chi connectivity index (χ2n) is 3.97. The summed E-state index contributed by atoms with van der Waals surface area (Å²) >= 11 is 0. The van der Waals surface area contributed by atoms with Gasteiger partial charge in [-0.2, -0.15) is 0 Å². The van der Waals surface area contributed by atoms with E-state index in [1.165, 1.54) is 0 Å². The van der Waals surface area contributed by atoms with E-state index >= 15 is 0 Å². The van der Waals surface area contributed by atoms with Crippen LogP contribution in [0.15, 0.2) is 53.3 Å². The molecule has 0 atom stereocenters. The van der Waals surface area contributed by atoms with Crippen molar-refractivity contribution in [3.63, 3.8) is 0 Å². The van der Waals surface area contributed by atoms with Crippen LogP contribution in [0.2, 0.25) is 0 Å². The van der Waals surface area contributed by atoms with Gasteiger partial charge in [-0.1, -0.05) is 11.2 Å². The van der Waals surface area contributed by atoms with Crippen molar-refractivity contribution >= 4 is 0 Å². The van der Waals surface area contributed by atoms with E-state index in [1.807, 2.05) is 43.3 Å². The summed E-state index contributed by atoms with van der Waals surface area (Å²) in [6.45, 7) is 1.87. The molecule has 3 aromatic heterocycles. The van der Waals surface area contributed by atoms with Gasteiger partial charge in [0.05, 0.1) is 11.4 Å². The Kier molecular flexibility index (Phi) is 2.61. The molecule has 3 heterocycles. The summed E-state index contributed by atoms with van der Waals surface area (Å²) in [7, 11) is 0. The number of aryl methyl sites for hydroxylation is 1. The van der Waals surface area contributed by atoms with Gasteiger partial charge in [0, 0.05) is 24.0 Å². The van der Waals surface area contributed by atoms with Crippen molar-refractivity contribution in [2.24, 2.45) is 0 Å². The van der Waals surface area contributed by atoms with Crippen LogP contribution in [0, 0.1) is 6.92 Å². The molecule has 0 amide bonds. The van der Waals surface area contributed by atoms with Crippen LogP contribution in [-0.4, -0.2) is 15.1 Å². The second-order valence-corrected chi connectivity index (χ2v) is 3.97. The summed E-state index contributed by atoms with van der Waals surface area (Å²) in [5.74, 6) is 0.793. The molecule has 0 fully saturated rings. The Morgan fingerprint density at radius 1 is 0.889 bits per heavy atom. The van der Waals surface area contributed by atoms with E-state index in [0.717, 1.165) is 28.4 Å². The van der Waals surface area contributed by atoms with Gasteiger partial charge in [0.1, 0.15) is 11.5 Å². The first kappa shape index (κ1) is 10.7. The van der Waals surface area contributed by atoms with Crippen molar-refractivity contribution in [2.45, 2.75) is 6.92 Å². The van der Waals surface area contributed by atoms with E-state index in [9.17, 15) is 0 Å². The Labute approximate surface area is 104 Å². The number of aromatic nitrogens is 3. The summed E-state index contributed by atoms with van der Waals surface area (Å²) < 4.78 is 5.08. The molecule has 3 aromatic rings. The maximum absolute atomic E-state index is 5.08. The minimum atomic E-state index is 0.793. The van der Waals surface area contributed by atoms with E-state index in [2.05, 4.69) is 15.1 Å². The Morgan fingerprint density at radius 3 is 2.50 bits per heavy atom. The Bertz CT molecular complexity index is 662. The van der Waals surface area contributed by atoms with Crippen molar-refractivity contribution in [2.75, 3.05) is 0 Å². The summed E-state index contributed by atoms with van der Waals surface area (Å²) in [6, 6.07) is 11.5. The number of hydrogen-bond donors (Lipinski definition) is 0. The molecule has 18 heavy (non-hydrogen) atoms. The van der Waals surface area contributed by atoms with Gasteiger partial charge in [-0.05, 0) is 31.2 Å². The number of rotatable bonds is 2. The highest BCUT2D eigenvalue weighted by Gasteiger charge is 2.06. The maximum atomic E-state index is 5.08. The molecule has 0 saturated heterocycles.